The van der Waals surface area contributed by atoms with Gasteiger partial charge in [-0.05, 0) is 38.5 Å². The number of hydrogen-bond acceptors (Lipinski definition) is 7. The Morgan fingerprint density at radius 3 is 2.26 bits per heavy atom. The zero-order valence-electron chi connectivity index (χ0n) is 25.9. The number of fused-ring (bicyclic) bond motifs is 2. The second-order valence-corrected chi connectivity index (χ2v) is 14.8. The van der Waals surface area contributed by atoms with Crippen LogP contribution < -0.4 is 14.4 Å². The Morgan fingerprint density at radius 1 is 1.02 bits per heavy atom. The minimum Gasteiger partial charge on any atom is -0.327 e. The average molecular weight is 721 g/mol. The van der Waals surface area contributed by atoms with Gasteiger partial charge < -0.3 is 9.80 Å². The molecular weight excluding hydrogens is 687 g/mol. The van der Waals surface area contributed by atoms with Crippen molar-refractivity contribution >= 4 is 77.6 Å². The van der Waals surface area contributed by atoms with Crippen molar-refractivity contribution in [3.05, 3.63) is 86.7 Å². The molecule has 4 rings (SSSR count). The van der Waals surface area contributed by atoms with E-state index in [4.69, 9.17) is 29.8 Å². The summed E-state index contributed by atoms with van der Waals surface area (Å²) in [6, 6.07) is 8.78. The predicted molar refractivity (Wildman–Crippen MR) is 184 cm³/mol. The van der Waals surface area contributed by atoms with E-state index >= 15 is 0 Å². The quantitative estimate of drug-likeness (QED) is 0.101. The van der Waals surface area contributed by atoms with Crippen LogP contribution in [0.1, 0.15) is 38.1 Å². The lowest BCUT2D eigenvalue weighted by Gasteiger charge is -2.24. The second kappa shape index (κ2) is 14.5. The van der Waals surface area contributed by atoms with Crippen molar-refractivity contribution in [1.29, 1.82) is 5.26 Å². The molecule has 0 amide bonds. The lowest BCUT2D eigenvalue weighted by Crippen LogP contribution is -2.31. The van der Waals surface area contributed by atoms with Crippen molar-refractivity contribution in [2.24, 2.45) is 7.05 Å². The van der Waals surface area contributed by atoms with Crippen LogP contribution in [-0.2, 0) is 33.8 Å². The van der Waals surface area contributed by atoms with Crippen LogP contribution in [-0.4, -0.2) is 55.1 Å². The van der Waals surface area contributed by atoms with Crippen molar-refractivity contribution in [1.82, 2.24) is 4.57 Å². The van der Waals surface area contributed by atoms with Crippen LogP contribution in [0.2, 0.25) is 10.0 Å². The molecule has 248 valence electrons. The summed E-state index contributed by atoms with van der Waals surface area (Å²) in [4.78, 5) is 7.40. The van der Waals surface area contributed by atoms with Crippen molar-refractivity contribution in [3.63, 3.8) is 0 Å². The molecule has 0 unspecified atom stereocenters. The summed E-state index contributed by atoms with van der Waals surface area (Å²) in [5.74, 6) is 0.575. The van der Waals surface area contributed by atoms with E-state index in [0.29, 0.717) is 28.6 Å². The average Bonchev–Trinajstić information content (AvgIpc) is 3.41. The smallest absolute Gasteiger partial charge is 0.282 e. The van der Waals surface area contributed by atoms with Crippen LogP contribution in [0, 0.1) is 17.9 Å². The van der Waals surface area contributed by atoms with E-state index < -0.39 is 31.7 Å². The van der Waals surface area contributed by atoms with Gasteiger partial charge in [-0.1, -0.05) is 40.9 Å². The lowest BCUT2D eigenvalue weighted by atomic mass is 10.2. The van der Waals surface area contributed by atoms with Gasteiger partial charge in [-0.2, -0.15) is 22.1 Å². The standard InChI is InChI=1S/C31H32Cl2N6O6S2/c1-5-37-28-18-24(33)25(35-3)19-29(28)39(13-7-15-47(43,44)45)31(37)11-9-21(2)8-10-30-36(4)26-17-23(32)22(20-34)16-27(26)38(30)12-6-14-46(40,41)42/h8-11,16-19H,5-7,12-15H2,1-2,4H3,(H-,40,41,42,43,44,45)/p+1. The molecule has 0 fully saturated rings. The molecule has 1 aliphatic heterocycles. The maximum Gasteiger partial charge on any atom is 0.282 e. The Kier molecular flexibility index (Phi) is 11.1. The number of aryl methyl sites for hydroxylation is 2. The Bertz CT molecular complexity index is 2130. The number of anilines is 2. The molecule has 0 radical (unpaired) electrons. The van der Waals surface area contributed by atoms with E-state index in [2.05, 4.69) is 10.9 Å². The minimum absolute atomic E-state index is 0.134. The Labute approximate surface area is 284 Å². The number of nitrogens with zero attached hydrogens (tertiary/aromatic N) is 6. The van der Waals surface area contributed by atoms with Gasteiger partial charge in [-0.15, -0.1) is 0 Å². The number of benzene rings is 2. The molecule has 0 aliphatic carbocycles. The molecule has 16 heteroatoms. The first kappa shape index (κ1) is 36.0. The first-order valence-electron chi connectivity index (χ1n) is 14.4. The predicted octanol–water partition coefficient (Wildman–Crippen LogP) is 5.90. The fourth-order valence-corrected chi connectivity index (χ4v) is 6.85. The highest BCUT2D eigenvalue weighted by molar-refractivity contribution is 7.86. The highest BCUT2D eigenvalue weighted by Crippen LogP contribution is 2.46. The molecule has 47 heavy (non-hydrogen) atoms. The fourth-order valence-electron chi connectivity index (χ4n) is 5.46. The van der Waals surface area contributed by atoms with Crippen LogP contribution in [0.4, 0.5) is 17.1 Å². The number of aromatic nitrogens is 2. The van der Waals surface area contributed by atoms with E-state index in [1.165, 1.54) is 0 Å². The molecule has 2 N–H and O–H groups in total. The number of hydrogen-bond donors (Lipinski definition) is 2. The third-order valence-electron chi connectivity index (χ3n) is 7.63. The van der Waals surface area contributed by atoms with Crippen LogP contribution in [0.25, 0.3) is 22.0 Å². The molecule has 2 aromatic carbocycles. The molecular formula is C31H33Cl2N6O6S2+. The zero-order chi connectivity index (χ0) is 34.7. The molecule has 0 spiro atoms. The van der Waals surface area contributed by atoms with Gasteiger partial charge in [0, 0.05) is 42.7 Å². The normalized spacial score (nSPS) is 14.7. The number of imidazole rings is 1. The molecule has 0 saturated heterocycles. The van der Waals surface area contributed by atoms with Gasteiger partial charge in [0.2, 0.25) is 5.69 Å². The van der Waals surface area contributed by atoms with Crippen LogP contribution in [0.3, 0.4) is 0 Å². The summed E-state index contributed by atoms with van der Waals surface area (Å²) in [6.07, 6.45) is 7.75. The molecule has 1 aliphatic rings. The van der Waals surface area contributed by atoms with Crippen LogP contribution in [0.5, 0.6) is 0 Å². The third kappa shape index (κ3) is 8.34. The van der Waals surface area contributed by atoms with Gasteiger partial charge in [0.25, 0.3) is 26.1 Å². The Balaban J connectivity index is 1.74. The number of halogens is 2. The van der Waals surface area contributed by atoms with Gasteiger partial charge >= 0.3 is 0 Å². The summed E-state index contributed by atoms with van der Waals surface area (Å²) in [5, 5.41) is 10.1. The summed E-state index contributed by atoms with van der Waals surface area (Å²) in [7, 11) is -6.50. The van der Waals surface area contributed by atoms with E-state index in [0.717, 1.165) is 22.6 Å². The molecule has 1 aromatic heterocycles. The highest BCUT2D eigenvalue weighted by Gasteiger charge is 2.31. The van der Waals surface area contributed by atoms with E-state index in [1.807, 2.05) is 64.1 Å². The highest BCUT2D eigenvalue weighted by atomic mass is 35.5. The fraction of sp³-hybridized carbons (Fsp3) is 0.323. The topological polar surface area (TPSA) is 152 Å². The Hall–Kier alpha value is -3.89. The summed E-state index contributed by atoms with van der Waals surface area (Å²) in [5.41, 5.74) is 4.23. The molecule has 3 aromatic rings. The van der Waals surface area contributed by atoms with Crippen molar-refractivity contribution in [3.8, 4) is 6.07 Å². The van der Waals surface area contributed by atoms with E-state index in [1.54, 1.807) is 24.3 Å². The maximum absolute atomic E-state index is 11.4. The first-order chi connectivity index (χ1) is 22.1. The van der Waals surface area contributed by atoms with Crippen molar-refractivity contribution in [2.45, 2.75) is 33.2 Å². The van der Waals surface area contributed by atoms with E-state index in [-0.39, 0.29) is 42.2 Å². The van der Waals surface area contributed by atoms with Gasteiger partial charge in [-0.25, -0.2) is 14.0 Å². The number of nitriles is 1. The Morgan fingerprint density at radius 2 is 1.66 bits per heavy atom. The zero-order valence-corrected chi connectivity index (χ0v) is 29.0. The largest absolute Gasteiger partial charge is 0.327 e. The monoisotopic (exact) mass is 719 g/mol. The SMILES string of the molecule is [C-]#[N+]c1cc2c(cc1Cl)N(CC)\C(=C/C=C(C)/C=C/c1n(CCCS(=O)(=O)O)c3cc(C#N)c(Cl)cc3[n+]1C)N2CCCS(=O)(=O)O. The van der Waals surface area contributed by atoms with Crippen LogP contribution in [0.15, 0.2) is 53.9 Å². The van der Waals surface area contributed by atoms with Gasteiger partial charge in [-0.3, -0.25) is 9.11 Å². The van der Waals surface area contributed by atoms with E-state index in [9.17, 15) is 31.2 Å². The second-order valence-electron chi connectivity index (χ2n) is 10.8. The number of rotatable bonds is 12. The lowest BCUT2D eigenvalue weighted by molar-refractivity contribution is -0.647. The van der Waals surface area contributed by atoms with Gasteiger partial charge in [0.1, 0.15) is 11.9 Å². The third-order valence-corrected chi connectivity index (χ3v) is 9.86. The summed E-state index contributed by atoms with van der Waals surface area (Å²) in [6.45, 7) is 12.4. The van der Waals surface area contributed by atoms with Crippen LogP contribution >= 0.6 is 23.2 Å². The molecule has 0 atom stereocenters. The molecule has 0 bridgehead atoms. The molecule has 2 heterocycles. The number of allylic oxidation sites excluding steroid dienone is 4. The van der Waals surface area contributed by atoms with Gasteiger partial charge in [0.05, 0.1) is 53.6 Å². The molecule has 12 nitrogen and oxygen atoms in total. The van der Waals surface area contributed by atoms with Gasteiger partial charge in [0.15, 0.2) is 11.0 Å². The molecule has 0 saturated carbocycles. The maximum atomic E-state index is 11.4. The summed E-state index contributed by atoms with van der Waals surface area (Å²) >= 11 is 12.7. The summed E-state index contributed by atoms with van der Waals surface area (Å²) < 4.78 is 68.0. The minimum atomic E-state index is -4.17. The van der Waals surface area contributed by atoms with Crippen molar-refractivity contribution < 1.29 is 30.5 Å². The van der Waals surface area contributed by atoms with Crippen molar-refractivity contribution in [2.75, 3.05) is 34.4 Å². The first-order valence-corrected chi connectivity index (χ1v) is 18.4.